The zero-order valence-corrected chi connectivity index (χ0v) is 10.3. The van der Waals surface area contributed by atoms with Crippen LogP contribution in [0.3, 0.4) is 0 Å². The number of nitrogens with zero attached hydrogens (tertiary/aromatic N) is 3. The average molecular weight is 249 g/mol. The van der Waals surface area contributed by atoms with Crippen LogP contribution in [0, 0.1) is 0 Å². The average Bonchev–Trinajstić information content (AvgIpc) is 2.87. The number of carboxylic acids is 1. The van der Waals surface area contributed by atoms with Crippen molar-refractivity contribution in [3.05, 3.63) is 41.6 Å². The van der Waals surface area contributed by atoms with Crippen molar-refractivity contribution in [2.24, 2.45) is 7.05 Å². The minimum Gasteiger partial charge on any atom is -0.478 e. The van der Waals surface area contributed by atoms with Gasteiger partial charge in [0.1, 0.15) is 11.3 Å². The van der Waals surface area contributed by atoms with Crippen LogP contribution in [0.5, 0.6) is 0 Å². The lowest BCUT2D eigenvalue weighted by molar-refractivity contribution is 0.0693. The lowest BCUT2D eigenvalue weighted by atomic mass is 10.2. The third-order valence-electron chi connectivity index (χ3n) is 2.60. The Morgan fingerprint density at radius 2 is 2.33 bits per heavy atom. The van der Waals surface area contributed by atoms with E-state index in [1.54, 1.807) is 10.9 Å². The van der Waals surface area contributed by atoms with Crippen LogP contribution < -0.4 is 0 Å². The van der Waals surface area contributed by atoms with E-state index in [2.05, 4.69) is 5.10 Å². The maximum Gasteiger partial charge on any atom is 0.339 e. The number of carboxylic acid groups (broad SMARTS) is 1. The molecule has 0 saturated carbocycles. The van der Waals surface area contributed by atoms with E-state index >= 15 is 0 Å². The van der Waals surface area contributed by atoms with Crippen molar-refractivity contribution in [2.45, 2.75) is 13.1 Å². The van der Waals surface area contributed by atoms with Crippen LogP contribution in [-0.4, -0.2) is 32.8 Å². The third-order valence-corrected chi connectivity index (χ3v) is 2.60. The summed E-state index contributed by atoms with van der Waals surface area (Å²) in [6.07, 6.45) is 5.12. The van der Waals surface area contributed by atoms with Gasteiger partial charge in [0, 0.05) is 25.4 Å². The van der Waals surface area contributed by atoms with Gasteiger partial charge in [-0.1, -0.05) is 0 Å². The molecule has 0 spiro atoms. The standard InChI is InChI=1S/C12H15N3O3/c1-14(6-9-5-13-15(2)7-9)8-11-10(12(16)17)3-4-18-11/h3-5,7H,6,8H2,1-2H3,(H,16,17). The molecule has 0 aliphatic carbocycles. The summed E-state index contributed by atoms with van der Waals surface area (Å²) in [5, 5.41) is 13.1. The summed E-state index contributed by atoms with van der Waals surface area (Å²) >= 11 is 0. The SMILES string of the molecule is CN(Cc1cnn(C)c1)Cc1occc1C(=O)O. The van der Waals surface area contributed by atoms with Gasteiger partial charge >= 0.3 is 5.97 Å². The van der Waals surface area contributed by atoms with Crippen molar-refractivity contribution in [2.75, 3.05) is 7.05 Å². The fraction of sp³-hybridized carbons (Fsp3) is 0.333. The van der Waals surface area contributed by atoms with Crippen LogP contribution in [0.2, 0.25) is 0 Å². The van der Waals surface area contributed by atoms with Crippen molar-refractivity contribution >= 4 is 5.97 Å². The van der Waals surface area contributed by atoms with E-state index in [-0.39, 0.29) is 5.56 Å². The second kappa shape index (κ2) is 5.05. The molecule has 0 radical (unpaired) electrons. The largest absolute Gasteiger partial charge is 0.478 e. The Morgan fingerprint density at radius 3 is 2.94 bits per heavy atom. The van der Waals surface area contributed by atoms with Crippen LogP contribution >= 0.6 is 0 Å². The molecule has 6 heteroatoms. The summed E-state index contributed by atoms with van der Waals surface area (Å²) in [6, 6.07) is 1.47. The minimum absolute atomic E-state index is 0.216. The highest BCUT2D eigenvalue weighted by Gasteiger charge is 2.15. The van der Waals surface area contributed by atoms with Gasteiger partial charge < -0.3 is 9.52 Å². The molecule has 0 aromatic carbocycles. The first-order valence-corrected chi connectivity index (χ1v) is 5.52. The monoisotopic (exact) mass is 249 g/mol. The predicted octanol–water partition coefficient (Wildman–Crippen LogP) is 1.34. The number of rotatable bonds is 5. The van der Waals surface area contributed by atoms with E-state index in [0.717, 1.165) is 5.56 Å². The minimum atomic E-state index is -0.964. The summed E-state index contributed by atoms with van der Waals surface area (Å²) in [5.41, 5.74) is 1.29. The zero-order valence-electron chi connectivity index (χ0n) is 10.3. The Morgan fingerprint density at radius 1 is 1.56 bits per heavy atom. The number of hydrogen-bond acceptors (Lipinski definition) is 4. The number of aromatic carboxylic acids is 1. The molecule has 0 aliphatic rings. The van der Waals surface area contributed by atoms with Gasteiger partial charge in [-0.25, -0.2) is 4.79 Å². The van der Waals surface area contributed by atoms with Gasteiger partial charge in [-0.2, -0.15) is 5.10 Å². The Kier molecular flexibility index (Phi) is 3.47. The highest BCUT2D eigenvalue weighted by atomic mass is 16.4. The fourth-order valence-electron chi connectivity index (χ4n) is 1.82. The van der Waals surface area contributed by atoms with Crippen molar-refractivity contribution in [1.29, 1.82) is 0 Å². The topological polar surface area (TPSA) is 71.5 Å². The number of aromatic nitrogens is 2. The van der Waals surface area contributed by atoms with Gasteiger partial charge in [-0.3, -0.25) is 9.58 Å². The third kappa shape index (κ3) is 2.78. The van der Waals surface area contributed by atoms with Gasteiger partial charge in [-0.05, 0) is 13.1 Å². The Labute approximate surface area is 104 Å². The van der Waals surface area contributed by atoms with Crippen LogP contribution in [0.25, 0.3) is 0 Å². The first-order valence-electron chi connectivity index (χ1n) is 5.52. The second-order valence-electron chi connectivity index (χ2n) is 4.26. The lowest BCUT2D eigenvalue weighted by Gasteiger charge is -2.14. The molecule has 2 aromatic heterocycles. The molecule has 1 N–H and O–H groups in total. The molecular weight excluding hydrogens is 234 g/mol. The van der Waals surface area contributed by atoms with E-state index in [1.165, 1.54) is 12.3 Å². The maximum absolute atomic E-state index is 10.9. The quantitative estimate of drug-likeness (QED) is 0.865. The van der Waals surface area contributed by atoms with Crippen LogP contribution in [0.1, 0.15) is 21.7 Å². The number of carbonyl (C=O) groups is 1. The fourth-order valence-corrected chi connectivity index (χ4v) is 1.82. The second-order valence-corrected chi connectivity index (χ2v) is 4.26. The van der Waals surface area contributed by atoms with Gasteiger partial charge in [-0.15, -0.1) is 0 Å². The molecule has 0 saturated heterocycles. The first-order chi connectivity index (χ1) is 8.56. The van der Waals surface area contributed by atoms with Gasteiger partial charge in [0.15, 0.2) is 0 Å². The molecule has 2 aromatic rings. The molecule has 0 aliphatic heterocycles. The molecule has 0 fully saturated rings. The van der Waals surface area contributed by atoms with E-state index in [1.807, 2.05) is 25.2 Å². The Bertz CT molecular complexity index is 544. The first kappa shape index (κ1) is 12.4. The summed E-state index contributed by atoms with van der Waals surface area (Å²) in [7, 11) is 3.76. The zero-order chi connectivity index (χ0) is 13.1. The van der Waals surface area contributed by atoms with Crippen molar-refractivity contribution in [1.82, 2.24) is 14.7 Å². The van der Waals surface area contributed by atoms with Gasteiger partial charge in [0.2, 0.25) is 0 Å². The predicted molar refractivity (Wildman–Crippen MR) is 64.0 cm³/mol. The van der Waals surface area contributed by atoms with Crippen molar-refractivity contribution in [3.8, 4) is 0 Å². The van der Waals surface area contributed by atoms with Crippen LogP contribution in [0.15, 0.2) is 29.1 Å². The molecule has 0 amide bonds. The lowest BCUT2D eigenvalue weighted by Crippen LogP contribution is -2.18. The highest BCUT2D eigenvalue weighted by molar-refractivity contribution is 5.88. The van der Waals surface area contributed by atoms with Crippen LogP contribution in [0.4, 0.5) is 0 Å². The van der Waals surface area contributed by atoms with E-state index in [4.69, 9.17) is 9.52 Å². The Balaban J connectivity index is 2.00. The molecule has 18 heavy (non-hydrogen) atoms. The summed E-state index contributed by atoms with van der Waals surface area (Å²) in [6.45, 7) is 1.14. The van der Waals surface area contributed by atoms with Crippen molar-refractivity contribution < 1.29 is 14.3 Å². The number of furan rings is 1. The highest BCUT2D eigenvalue weighted by Crippen LogP contribution is 2.14. The number of aryl methyl sites for hydroxylation is 1. The maximum atomic E-state index is 10.9. The van der Waals surface area contributed by atoms with E-state index < -0.39 is 5.97 Å². The molecule has 0 unspecified atom stereocenters. The molecule has 0 atom stereocenters. The van der Waals surface area contributed by atoms with Gasteiger partial charge in [0.25, 0.3) is 0 Å². The molecule has 96 valence electrons. The molecule has 2 rings (SSSR count). The smallest absolute Gasteiger partial charge is 0.339 e. The van der Waals surface area contributed by atoms with Crippen molar-refractivity contribution in [3.63, 3.8) is 0 Å². The van der Waals surface area contributed by atoms with Crippen LogP contribution in [-0.2, 0) is 20.1 Å². The number of hydrogen-bond donors (Lipinski definition) is 1. The van der Waals surface area contributed by atoms with E-state index in [9.17, 15) is 4.79 Å². The van der Waals surface area contributed by atoms with Gasteiger partial charge in [0.05, 0.1) is 19.0 Å². The Hall–Kier alpha value is -2.08. The molecule has 2 heterocycles. The molecule has 6 nitrogen and oxygen atoms in total. The summed E-state index contributed by atoms with van der Waals surface area (Å²) in [4.78, 5) is 12.9. The molecule has 0 bridgehead atoms. The normalized spacial score (nSPS) is 11.1. The molecular formula is C12H15N3O3. The van der Waals surface area contributed by atoms with E-state index in [0.29, 0.717) is 18.8 Å². The summed E-state index contributed by atoms with van der Waals surface area (Å²) < 4.78 is 6.93. The summed E-state index contributed by atoms with van der Waals surface area (Å²) in [5.74, 6) is -0.498.